The molecule has 0 saturated heterocycles. The van der Waals surface area contributed by atoms with Crippen LogP contribution in [0.2, 0.25) is 0 Å². The first-order valence-electron chi connectivity index (χ1n) is 5.99. The van der Waals surface area contributed by atoms with Crippen LogP contribution in [-0.2, 0) is 4.79 Å². The van der Waals surface area contributed by atoms with Gasteiger partial charge in [0.25, 0.3) is 0 Å². The van der Waals surface area contributed by atoms with E-state index in [2.05, 4.69) is 26.1 Å². The molecular formula is C12H24ClNO. The number of carbonyl (C=O) groups excluding carboxylic acids is 1. The van der Waals surface area contributed by atoms with Crippen molar-refractivity contribution in [3.05, 3.63) is 0 Å². The maximum atomic E-state index is 11.6. The van der Waals surface area contributed by atoms with Crippen LogP contribution < -0.4 is 5.32 Å². The summed E-state index contributed by atoms with van der Waals surface area (Å²) in [5, 5.41) is 2.98. The van der Waals surface area contributed by atoms with Crippen molar-refractivity contribution in [2.45, 2.75) is 46.5 Å². The normalized spacial score (nSPS) is 12.9. The fraction of sp³-hybridized carbons (Fsp3) is 0.917. The summed E-state index contributed by atoms with van der Waals surface area (Å²) in [7, 11) is 0. The van der Waals surface area contributed by atoms with Gasteiger partial charge in [0.05, 0.1) is 0 Å². The van der Waals surface area contributed by atoms with Gasteiger partial charge < -0.3 is 5.32 Å². The summed E-state index contributed by atoms with van der Waals surface area (Å²) in [6.45, 7) is 7.04. The highest BCUT2D eigenvalue weighted by Gasteiger charge is 2.12. The predicted octanol–water partition coefficient (Wildman–Crippen LogP) is 3.19. The van der Waals surface area contributed by atoms with Crippen molar-refractivity contribution < 1.29 is 4.79 Å². The Kier molecular flexibility index (Phi) is 8.88. The highest BCUT2D eigenvalue weighted by atomic mass is 35.5. The molecule has 2 nitrogen and oxygen atoms in total. The fourth-order valence-electron chi connectivity index (χ4n) is 1.54. The lowest BCUT2D eigenvalue weighted by atomic mass is 10.0. The first-order chi connectivity index (χ1) is 7.15. The van der Waals surface area contributed by atoms with Gasteiger partial charge in [0, 0.05) is 18.3 Å². The van der Waals surface area contributed by atoms with Crippen molar-refractivity contribution in [2.75, 3.05) is 12.4 Å². The van der Waals surface area contributed by atoms with Crippen LogP contribution in [0.4, 0.5) is 0 Å². The molecular weight excluding hydrogens is 210 g/mol. The molecule has 0 heterocycles. The van der Waals surface area contributed by atoms with Crippen LogP contribution >= 0.6 is 11.6 Å². The quantitative estimate of drug-likeness (QED) is 0.506. The maximum Gasteiger partial charge on any atom is 0.223 e. The minimum absolute atomic E-state index is 0.190. The average Bonchev–Trinajstić information content (AvgIpc) is 2.25. The summed E-state index contributed by atoms with van der Waals surface area (Å²) in [5.41, 5.74) is 0. The van der Waals surface area contributed by atoms with Gasteiger partial charge in [0.15, 0.2) is 0 Å². The van der Waals surface area contributed by atoms with Gasteiger partial charge in [-0.25, -0.2) is 0 Å². The molecule has 0 aliphatic heterocycles. The lowest BCUT2D eigenvalue weighted by Gasteiger charge is -2.13. The summed E-state index contributed by atoms with van der Waals surface area (Å²) < 4.78 is 0. The van der Waals surface area contributed by atoms with Crippen LogP contribution in [0, 0.1) is 11.8 Å². The first kappa shape index (κ1) is 14.8. The molecule has 0 aliphatic rings. The van der Waals surface area contributed by atoms with Crippen LogP contribution in [0.15, 0.2) is 0 Å². The molecule has 0 aromatic carbocycles. The Bertz CT molecular complexity index is 169. The summed E-state index contributed by atoms with van der Waals surface area (Å²) >= 11 is 5.70. The molecule has 0 bridgehead atoms. The molecule has 90 valence electrons. The van der Waals surface area contributed by atoms with E-state index in [1.54, 1.807) is 0 Å². The van der Waals surface area contributed by atoms with Crippen molar-refractivity contribution in [3.63, 3.8) is 0 Å². The topological polar surface area (TPSA) is 29.1 Å². The first-order valence-corrected chi connectivity index (χ1v) is 6.52. The predicted molar refractivity (Wildman–Crippen MR) is 66.2 cm³/mol. The zero-order valence-electron chi connectivity index (χ0n) is 10.2. The summed E-state index contributed by atoms with van der Waals surface area (Å²) in [4.78, 5) is 11.6. The highest BCUT2D eigenvalue weighted by molar-refractivity contribution is 6.18. The van der Waals surface area contributed by atoms with Crippen LogP contribution in [-0.4, -0.2) is 18.3 Å². The van der Waals surface area contributed by atoms with Gasteiger partial charge in [0.2, 0.25) is 5.91 Å². The van der Waals surface area contributed by atoms with Crippen molar-refractivity contribution in [1.29, 1.82) is 0 Å². The van der Waals surface area contributed by atoms with E-state index in [-0.39, 0.29) is 11.8 Å². The number of alkyl halides is 1. The van der Waals surface area contributed by atoms with E-state index in [9.17, 15) is 4.79 Å². The van der Waals surface area contributed by atoms with Gasteiger partial charge in [0.1, 0.15) is 0 Å². The van der Waals surface area contributed by atoms with E-state index in [1.807, 2.05) is 0 Å². The molecule has 1 amide bonds. The third-order valence-electron chi connectivity index (χ3n) is 2.79. The molecule has 0 spiro atoms. The Morgan fingerprint density at radius 1 is 1.33 bits per heavy atom. The minimum atomic E-state index is 0.190. The average molecular weight is 234 g/mol. The number of halogens is 1. The van der Waals surface area contributed by atoms with Gasteiger partial charge in [-0.1, -0.05) is 20.8 Å². The summed E-state index contributed by atoms with van der Waals surface area (Å²) in [6.07, 6.45) is 3.98. The van der Waals surface area contributed by atoms with Crippen molar-refractivity contribution >= 4 is 17.5 Å². The van der Waals surface area contributed by atoms with Gasteiger partial charge in [-0.15, -0.1) is 11.6 Å². The molecule has 0 fully saturated rings. The number of amides is 1. The van der Waals surface area contributed by atoms with Crippen molar-refractivity contribution in [2.24, 2.45) is 11.8 Å². The second kappa shape index (κ2) is 9.02. The molecule has 0 rings (SSSR count). The Morgan fingerprint density at radius 2 is 1.93 bits per heavy atom. The zero-order valence-corrected chi connectivity index (χ0v) is 10.9. The minimum Gasteiger partial charge on any atom is -0.356 e. The molecule has 3 heteroatoms. The van der Waals surface area contributed by atoms with E-state index in [1.165, 1.54) is 0 Å². The number of nitrogens with one attached hydrogen (secondary N) is 1. The lowest BCUT2D eigenvalue weighted by Crippen LogP contribution is -2.31. The molecule has 0 aliphatic carbocycles. The lowest BCUT2D eigenvalue weighted by molar-refractivity contribution is -0.125. The van der Waals surface area contributed by atoms with Crippen LogP contribution in [0.5, 0.6) is 0 Å². The molecule has 15 heavy (non-hydrogen) atoms. The van der Waals surface area contributed by atoms with Gasteiger partial charge >= 0.3 is 0 Å². The Morgan fingerprint density at radius 3 is 2.40 bits per heavy atom. The second-order valence-corrected chi connectivity index (χ2v) is 4.51. The number of hydrogen-bond donors (Lipinski definition) is 1. The standard InChI is InChI=1S/C12H24ClNO/c1-4-11(5-2)12(15)14-8-6-7-10(3)9-13/h10-11H,4-9H2,1-3H3,(H,14,15). The monoisotopic (exact) mass is 233 g/mol. The van der Waals surface area contributed by atoms with E-state index in [0.717, 1.165) is 32.2 Å². The Balaban J connectivity index is 3.54. The molecule has 0 radical (unpaired) electrons. The molecule has 1 atom stereocenters. The van der Waals surface area contributed by atoms with Crippen LogP contribution in [0.3, 0.4) is 0 Å². The largest absolute Gasteiger partial charge is 0.356 e. The van der Waals surface area contributed by atoms with Gasteiger partial charge in [-0.2, -0.15) is 0 Å². The third-order valence-corrected chi connectivity index (χ3v) is 3.32. The van der Waals surface area contributed by atoms with E-state index in [0.29, 0.717) is 11.8 Å². The van der Waals surface area contributed by atoms with Crippen molar-refractivity contribution in [3.8, 4) is 0 Å². The smallest absolute Gasteiger partial charge is 0.223 e. The van der Waals surface area contributed by atoms with Crippen LogP contribution in [0.1, 0.15) is 46.5 Å². The summed E-state index contributed by atoms with van der Waals surface area (Å²) in [5.74, 6) is 1.66. The number of carbonyl (C=O) groups is 1. The molecule has 0 saturated carbocycles. The maximum absolute atomic E-state index is 11.6. The van der Waals surface area contributed by atoms with Gasteiger partial charge in [-0.05, 0) is 31.6 Å². The molecule has 0 aromatic heterocycles. The number of hydrogen-bond acceptors (Lipinski definition) is 1. The summed E-state index contributed by atoms with van der Waals surface area (Å²) in [6, 6.07) is 0. The van der Waals surface area contributed by atoms with E-state index >= 15 is 0 Å². The Labute approximate surface area is 98.8 Å². The molecule has 0 aromatic rings. The second-order valence-electron chi connectivity index (χ2n) is 4.21. The zero-order chi connectivity index (χ0) is 11.7. The van der Waals surface area contributed by atoms with E-state index < -0.39 is 0 Å². The van der Waals surface area contributed by atoms with Crippen LogP contribution in [0.25, 0.3) is 0 Å². The fourth-order valence-corrected chi connectivity index (χ4v) is 1.70. The highest BCUT2D eigenvalue weighted by Crippen LogP contribution is 2.08. The SMILES string of the molecule is CCC(CC)C(=O)NCCCC(C)CCl. The number of rotatable bonds is 8. The van der Waals surface area contributed by atoms with Crippen molar-refractivity contribution in [1.82, 2.24) is 5.32 Å². The van der Waals surface area contributed by atoms with Gasteiger partial charge in [-0.3, -0.25) is 4.79 Å². The van der Waals surface area contributed by atoms with E-state index in [4.69, 9.17) is 11.6 Å². The Hall–Kier alpha value is -0.240. The molecule has 1 unspecified atom stereocenters. The third kappa shape index (κ3) is 6.77. The molecule has 1 N–H and O–H groups in total.